The van der Waals surface area contributed by atoms with Gasteiger partial charge in [0.25, 0.3) is 5.91 Å². The summed E-state index contributed by atoms with van der Waals surface area (Å²) in [5.41, 5.74) is 2.91. The maximum absolute atomic E-state index is 14.3. The number of sulfonamides is 1. The van der Waals surface area contributed by atoms with Crippen molar-refractivity contribution >= 4 is 21.6 Å². The van der Waals surface area contributed by atoms with Crippen LogP contribution in [0.15, 0.2) is 59.4 Å². The van der Waals surface area contributed by atoms with Crippen LogP contribution in [0.25, 0.3) is 16.9 Å². The van der Waals surface area contributed by atoms with Gasteiger partial charge in [0, 0.05) is 63.6 Å². The molecule has 0 radical (unpaired) electrons. The molecule has 2 saturated heterocycles. The Kier molecular flexibility index (Phi) is 9.47. The third-order valence-corrected chi connectivity index (χ3v) is 9.59. The van der Waals surface area contributed by atoms with Gasteiger partial charge in [-0.1, -0.05) is 36.4 Å². The summed E-state index contributed by atoms with van der Waals surface area (Å²) in [7, 11) is -3.45. The zero-order valence-electron chi connectivity index (χ0n) is 24.3. The van der Waals surface area contributed by atoms with Crippen molar-refractivity contribution in [3.8, 4) is 16.9 Å². The Morgan fingerprint density at radius 3 is 2.36 bits per heavy atom. The average molecular weight is 597 g/mol. The Bertz CT molecular complexity index is 1540. The van der Waals surface area contributed by atoms with E-state index in [2.05, 4.69) is 14.9 Å². The maximum Gasteiger partial charge on any atom is 0.333 e. The quantitative estimate of drug-likeness (QED) is 0.344. The number of amides is 1. The molecule has 226 valence electrons. The summed E-state index contributed by atoms with van der Waals surface area (Å²) in [6, 6.07) is 17.3. The lowest BCUT2D eigenvalue weighted by atomic mass is 10.1. The molecular weight excluding hydrogens is 556 g/mol. The van der Waals surface area contributed by atoms with E-state index in [1.807, 2.05) is 54.6 Å². The number of aromatic nitrogens is 2. The number of piperazine rings is 1. The highest BCUT2D eigenvalue weighted by atomic mass is 32.2. The highest BCUT2D eigenvalue weighted by Gasteiger charge is 2.31. The molecular formula is C30H40N6O5S. The van der Waals surface area contributed by atoms with E-state index in [9.17, 15) is 18.0 Å². The predicted octanol–water partition coefficient (Wildman–Crippen LogP) is 1.91. The molecule has 2 aliphatic rings. The first-order valence-electron chi connectivity index (χ1n) is 14.6. The van der Waals surface area contributed by atoms with E-state index in [1.54, 1.807) is 23.3 Å². The number of hydrogen-bond donors (Lipinski definition) is 2. The summed E-state index contributed by atoms with van der Waals surface area (Å²) in [4.78, 5) is 32.5. The molecule has 0 unspecified atom stereocenters. The number of hydrogen-bond acceptors (Lipinski definition) is 7. The van der Waals surface area contributed by atoms with Gasteiger partial charge in [0.05, 0.1) is 29.8 Å². The number of rotatable bonds is 10. The summed E-state index contributed by atoms with van der Waals surface area (Å²) in [6.07, 6.45) is 0.347. The maximum atomic E-state index is 14.3. The second-order valence-electron chi connectivity index (χ2n) is 10.8. The van der Waals surface area contributed by atoms with Crippen LogP contribution in [0.5, 0.6) is 0 Å². The summed E-state index contributed by atoms with van der Waals surface area (Å²) in [5.74, 6) is -0.210. The average Bonchev–Trinajstić information content (AvgIpc) is 3.31. The number of carbonyl (C=O) groups excluding carboxylic acids is 1. The Morgan fingerprint density at radius 1 is 0.976 bits per heavy atom. The van der Waals surface area contributed by atoms with Crippen LogP contribution >= 0.6 is 0 Å². The minimum atomic E-state index is -3.45. The number of anilines is 1. The van der Waals surface area contributed by atoms with Crippen LogP contribution in [0.1, 0.15) is 30.8 Å². The fraction of sp³-hybridized carbons (Fsp3) is 0.467. The van der Waals surface area contributed by atoms with Crippen LogP contribution in [-0.4, -0.2) is 92.6 Å². The Morgan fingerprint density at radius 2 is 1.67 bits per heavy atom. The molecule has 0 bridgehead atoms. The molecule has 11 nitrogen and oxygen atoms in total. The standard InChI is InChI=1S/C30H40N6O5S/c1-23(2)42(39,40)32-12-7-15-35-28(29(37)34-16-13-31-14-17-34)27(24-8-4-3-5-9-24)36(30(35)38)26-11-6-10-25(22-26)33-18-20-41-21-19-33/h3-6,8-11,22-23,31-32H,7,12-21H2,1-2H3. The zero-order valence-corrected chi connectivity index (χ0v) is 25.1. The van der Waals surface area contributed by atoms with Crippen LogP contribution in [0.4, 0.5) is 5.69 Å². The van der Waals surface area contributed by atoms with Crippen molar-refractivity contribution in [2.45, 2.75) is 32.1 Å². The van der Waals surface area contributed by atoms with Gasteiger partial charge in [0.2, 0.25) is 10.0 Å². The molecule has 0 atom stereocenters. The van der Waals surface area contributed by atoms with Gasteiger partial charge in [0.1, 0.15) is 5.69 Å². The second kappa shape index (κ2) is 13.2. The summed E-state index contributed by atoms with van der Waals surface area (Å²) < 4.78 is 35.9. The number of morpholine rings is 1. The lowest BCUT2D eigenvalue weighted by Crippen LogP contribution is -2.47. The van der Waals surface area contributed by atoms with Crippen molar-refractivity contribution in [2.75, 3.05) is 63.9 Å². The van der Waals surface area contributed by atoms with E-state index < -0.39 is 15.3 Å². The lowest BCUT2D eigenvalue weighted by Gasteiger charge is -2.29. The van der Waals surface area contributed by atoms with E-state index in [0.29, 0.717) is 62.9 Å². The van der Waals surface area contributed by atoms with Gasteiger partial charge in [0.15, 0.2) is 0 Å². The topological polar surface area (TPSA) is 118 Å². The first-order valence-corrected chi connectivity index (χ1v) is 16.1. The van der Waals surface area contributed by atoms with Crippen molar-refractivity contribution in [3.05, 3.63) is 70.8 Å². The number of imidazole rings is 1. The zero-order chi connectivity index (χ0) is 29.7. The number of ether oxygens (including phenoxy) is 1. The van der Waals surface area contributed by atoms with Crippen LogP contribution in [0.2, 0.25) is 0 Å². The van der Waals surface area contributed by atoms with E-state index in [4.69, 9.17) is 4.74 Å². The van der Waals surface area contributed by atoms with Gasteiger partial charge >= 0.3 is 5.69 Å². The van der Waals surface area contributed by atoms with E-state index in [1.165, 1.54) is 4.57 Å². The van der Waals surface area contributed by atoms with Crippen LogP contribution < -0.4 is 20.6 Å². The Hall–Kier alpha value is -3.45. The highest BCUT2D eigenvalue weighted by molar-refractivity contribution is 7.90. The molecule has 2 fully saturated rings. The second-order valence-corrected chi connectivity index (χ2v) is 13.2. The van der Waals surface area contributed by atoms with Gasteiger partial charge < -0.3 is 19.9 Å². The molecule has 0 spiro atoms. The third-order valence-electron chi connectivity index (χ3n) is 7.74. The normalized spacial score (nSPS) is 16.3. The van der Waals surface area contributed by atoms with Gasteiger partial charge in [-0.3, -0.25) is 13.9 Å². The molecule has 42 heavy (non-hydrogen) atoms. The molecule has 2 N–H and O–H groups in total. The smallest absolute Gasteiger partial charge is 0.333 e. The number of nitrogens with zero attached hydrogens (tertiary/aromatic N) is 4. The van der Waals surface area contributed by atoms with Gasteiger partial charge in [-0.25, -0.2) is 17.9 Å². The lowest BCUT2D eigenvalue weighted by molar-refractivity contribution is 0.0725. The Balaban J connectivity index is 1.62. The monoisotopic (exact) mass is 596 g/mol. The van der Waals surface area contributed by atoms with Crippen molar-refractivity contribution in [1.29, 1.82) is 0 Å². The molecule has 0 aliphatic carbocycles. The van der Waals surface area contributed by atoms with E-state index in [0.717, 1.165) is 24.3 Å². The van der Waals surface area contributed by atoms with Crippen LogP contribution in [0.3, 0.4) is 0 Å². The number of carbonyl (C=O) groups is 1. The molecule has 12 heteroatoms. The van der Waals surface area contributed by atoms with Gasteiger partial charge in [-0.05, 0) is 38.5 Å². The molecule has 0 saturated carbocycles. The molecule has 3 heterocycles. The minimum absolute atomic E-state index is 0.159. The molecule has 1 aromatic heterocycles. The molecule has 3 aromatic rings. The fourth-order valence-electron chi connectivity index (χ4n) is 5.36. The van der Waals surface area contributed by atoms with Gasteiger partial charge in [-0.15, -0.1) is 0 Å². The predicted molar refractivity (Wildman–Crippen MR) is 164 cm³/mol. The van der Waals surface area contributed by atoms with Crippen molar-refractivity contribution in [1.82, 2.24) is 24.1 Å². The summed E-state index contributed by atoms with van der Waals surface area (Å²) in [5, 5.41) is 2.72. The first kappa shape index (κ1) is 30.0. The highest BCUT2D eigenvalue weighted by Crippen LogP contribution is 2.29. The SMILES string of the molecule is CC(C)S(=O)(=O)NCCCn1c(C(=O)N2CCNCC2)c(-c2ccccc2)n(-c2cccc(N3CCOCC3)c2)c1=O. The molecule has 2 aliphatic heterocycles. The van der Waals surface area contributed by atoms with Crippen molar-refractivity contribution in [3.63, 3.8) is 0 Å². The largest absolute Gasteiger partial charge is 0.378 e. The summed E-state index contributed by atoms with van der Waals surface area (Å²) in [6.45, 7) is 8.79. The first-order chi connectivity index (χ1) is 20.3. The number of nitrogens with one attached hydrogen (secondary N) is 2. The van der Waals surface area contributed by atoms with Crippen molar-refractivity contribution in [2.24, 2.45) is 0 Å². The molecule has 1 amide bonds. The summed E-state index contributed by atoms with van der Waals surface area (Å²) >= 11 is 0. The third kappa shape index (κ3) is 6.46. The number of benzene rings is 2. The fourth-order valence-corrected chi connectivity index (χ4v) is 6.12. The van der Waals surface area contributed by atoms with E-state index >= 15 is 0 Å². The van der Waals surface area contributed by atoms with Crippen LogP contribution in [-0.2, 0) is 21.3 Å². The van der Waals surface area contributed by atoms with Crippen molar-refractivity contribution < 1.29 is 17.9 Å². The van der Waals surface area contributed by atoms with E-state index in [-0.39, 0.29) is 24.7 Å². The molecule has 2 aromatic carbocycles. The van der Waals surface area contributed by atoms with Gasteiger partial charge in [-0.2, -0.15) is 0 Å². The molecule has 5 rings (SSSR count). The minimum Gasteiger partial charge on any atom is -0.378 e. The Labute approximate surface area is 247 Å². The van der Waals surface area contributed by atoms with Crippen LogP contribution in [0, 0.1) is 0 Å².